The second-order valence-electron chi connectivity index (χ2n) is 15.7. The molecule has 15 heteroatoms. The molecule has 0 spiro atoms. The van der Waals surface area contributed by atoms with Crippen molar-refractivity contribution in [2.24, 2.45) is 0 Å². The maximum atomic E-state index is 13.3. The fraction of sp³-hybridized carbons (Fsp3) is 0.500. The number of rotatable bonds is 17. The molecule has 4 aliphatic rings. The molecule has 3 aromatic rings. The number of Topliss-reactive ketones (excluding diaryl/α,β-unsaturated/α-hetero) is 1. The number of carbonyl (C=O) groups excluding carboxylic acids is 6. The van der Waals surface area contributed by atoms with Gasteiger partial charge < -0.3 is 29.5 Å². The van der Waals surface area contributed by atoms with E-state index in [1.54, 1.807) is 49.5 Å². The zero-order valence-electron chi connectivity index (χ0n) is 34.1. The van der Waals surface area contributed by atoms with E-state index in [0.29, 0.717) is 85.7 Å². The summed E-state index contributed by atoms with van der Waals surface area (Å²) in [5.74, 6) is 0.778. The van der Waals surface area contributed by atoms with Gasteiger partial charge in [-0.25, -0.2) is 9.97 Å². The Morgan fingerprint density at radius 2 is 1.78 bits per heavy atom. The highest BCUT2D eigenvalue weighted by molar-refractivity contribution is 6.07. The molecule has 2 fully saturated rings. The van der Waals surface area contributed by atoms with Crippen molar-refractivity contribution in [1.29, 1.82) is 0 Å². The van der Waals surface area contributed by atoms with Gasteiger partial charge in [-0.2, -0.15) is 0 Å². The number of methoxy groups -OCH3 is 1. The van der Waals surface area contributed by atoms with Crippen LogP contribution in [0.25, 0.3) is 0 Å². The Bertz CT molecular complexity index is 2120. The third-order valence-corrected chi connectivity index (χ3v) is 11.9. The molecule has 7 rings (SSSR count). The minimum atomic E-state index is -0.724. The van der Waals surface area contributed by atoms with Gasteiger partial charge in [0.1, 0.15) is 29.3 Å². The first-order chi connectivity index (χ1) is 28.6. The van der Waals surface area contributed by atoms with E-state index in [1.165, 1.54) is 4.90 Å². The first kappa shape index (κ1) is 41.5. The quantitative estimate of drug-likeness (QED) is 0.105. The van der Waals surface area contributed by atoms with Crippen molar-refractivity contribution in [2.45, 2.75) is 115 Å². The highest BCUT2D eigenvalue weighted by Crippen LogP contribution is 2.40. The van der Waals surface area contributed by atoms with Gasteiger partial charge in [0, 0.05) is 86.5 Å². The van der Waals surface area contributed by atoms with Crippen LogP contribution in [0.4, 0.5) is 17.2 Å². The number of piperidine rings is 1. The van der Waals surface area contributed by atoms with E-state index in [0.717, 1.165) is 42.8 Å². The van der Waals surface area contributed by atoms with Crippen molar-refractivity contribution >= 4 is 52.5 Å². The van der Waals surface area contributed by atoms with Gasteiger partial charge in [-0.05, 0) is 63.1 Å². The number of carbonyl (C=O) groups is 6. The van der Waals surface area contributed by atoms with Crippen molar-refractivity contribution in [3.8, 4) is 5.75 Å². The van der Waals surface area contributed by atoms with Crippen molar-refractivity contribution in [3.05, 3.63) is 70.7 Å². The summed E-state index contributed by atoms with van der Waals surface area (Å²) in [7, 11) is 3.38. The second-order valence-corrected chi connectivity index (χ2v) is 15.7. The first-order valence-electron chi connectivity index (χ1n) is 20.8. The Balaban J connectivity index is 0.839. The minimum Gasteiger partial charge on any atom is -0.496 e. The maximum Gasteiger partial charge on any atom is 0.255 e. The van der Waals surface area contributed by atoms with Gasteiger partial charge >= 0.3 is 0 Å². The van der Waals surface area contributed by atoms with Crippen molar-refractivity contribution < 1.29 is 38.2 Å². The number of unbranched alkanes of at least 4 members (excludes halogenated alkanes) is 1. The van der Waals surface area contributed by atoms with Gasteiger partial charge in [0.15, 0.2) is 11.6 Å². The number of nitrogens with one attached hydrogen (secondary N) is 2. The second kappa shape index (κ2) is 18.5. The molecule has 1 unspecified atom stereocenters. The predicted octanol–water partition coefficient (Wildman–Crippen LogP) is 5.13. The van der Waals surface area contributed by atoms with Crippen LogP contribution in [0.3, 0.4) is 0 Å². The summed E-state index contributed by atoms with van der Waals surface area (Å²) >= 11 is 0. The van der Waals surface area contributed by atoms with Crippen LogP contribution in [0.1, 0.15) is 122 Å². The number of aromatic nitrogens is 2. The Morgan fingerprint density at radius 1 is 0.983 bits per heavy atom. The number of fused-ring (bicyclic) bond motifs is 2. The lowest BCUT2D eigenvalue weighted by Crippen LogP contribution is -2.55. The number of hydrogen-bond donors (Lipinski definition) is 2. The number of amides is 5. The van der Waals surface area contributed by atoms with Crippen LogP contribution in [0, 0.1) is 0 Å². The smallest absolute Gasteiger partial charge is 0.255 e. The highest BCUT2D eigenvalue weighted by Gasteiger charge is 2.42. The van der Waals surface area contributed by atoms with Gasteiger partial charge in [0.2, 0.25) is 23.6 Å². The molecule has 1 saturated carbocycles. The minimum absolute atomic E-state index is 0.0139. The largest absolute Gasteiger partial charge is 0.496 e. The molecule has 312 valence electrons. The predicted molar refractivity (Wildman–Crippen MR) is 219 cm³/mol. The average Bonchev–Trinajstić information content (AvgIpc) is 3.89. The molecule has 2 N–H and O–H groups in total. The monoisotopic (exact) mass is 807 g/mol. The molecule has 59 heavy (non-hydrogen) atoms. The van der Waals surface area contributed by atoms with Crippen molar-refractivity contribution in [1.82, 2.24) is 20.2 Å². The maximum absolute atomic E-state index is 13.3. The average molecular weight is 808 g/mol. The van der Waals surface area contributed by atoms with E-state index in [1.807, 2.05) is 19.1 Å². The lowest BCUT2D eigenvalue weighted by Gasteiger charge is -2.43. The zero-order chi connectivity index (χ0) is 41.6. The van der Waals surface area contributed by atoms with Gasteiger partial charge in [0.05, 0.1) is 13.3 Å². The summed E-state index contributed by atoms with van der Waals surface area (Å²) in [6, 6.07) is 9.90. The molecule has 2 atom stereocenters. The summed E-state index contributed by atoms with van der Waals surface area (Å²) in [5.41, 5.74) is 3.78. The molecule has 1 aromatic heterocycles. The third-order valence-electron chi connectivity index (χ3n) is 11.9. The number of nitrogens with zero attached hydrogens (tertiary/aromatic N) is 5. The summed E-state index contributed by atoms with van der Waals surface area (Å²) in [5, 5.41) is 5.22. The molecular weight excluding hydrogens is 755 g/mol. The number of ketones is 1. The lowest BCUT2D eigenvalue weighted by molar-refractivity contribution is -0.137. The molecule has 4 heterocycles. The van der Waals surface area contributed by atoms with Gasteiger partial charge in [-0.1, -0.05) is 38.0 Å². The van der Waals surface area contributed by atoms with Crippen LogP contribution in [0.2, 0.25) is 0 Å². The highest BCUT2D eigenvalue weighted by atomic mass is 16.5. The fourth-order valence-corrected chi connectivity index (χ4v) is 8.72. The van der Waals surface area contributed by atoms with Crippen LogP contribution in [0.15, 0.2) is 42.6 Å². The molecule has 3 aliphatic heterocycles. The van der Waals surface area contributed by atoms with Crippen LogP contribution in [-0.4, -0.2) is 95.7 Å². The Kier molecular flexibility index (Phi) is 13.0. The first-order valence-corrected chi connectivity index (χ1v) is 20.8. The zero-order valence-corrected chi connectivity index (χ0v) is 34.1. The molecule has 2 aromatic carbocycles. The Labute approximate surface area is 344 Å². The number of hydrogen-bond acceptors (Lipinski definition) is 11. The Morgan fingerprint density at radius 3 is 2.54 bits per heavy atom. The van der Waals surface area contributed by atoms with Crippen molar-refractivity contribution in [2.75, 3.05) is 42.5 Å². The molecule has 15 nitrogen and oxygen atoms in total. The number of likely N-dealkylation sites (N-methyl/N-ethyl adjacent to an activating group) is 1. The number of benzene rings is 2. The van der Waals surface area contributed by atoms with Gasteiger partial charge in [-0.15, -0.1) is 0 Å². The van der Waals surface area contributed by atoms with E-state index >= 15 is 0 Å². The van der Waals surface area contributed by atoms with E-state index in [4.69, 9.17) is 14.5 Å². The topological polar surface area (TPSA) is 180 Å². The lowest BCUT2D eigenvalue weighted by atomic mass is 10.0. The van der Waals surface area contributed by atoms with Crippen molar-refractivity contribution in [3.63, 3.8) is 0 Å². The van der Waals surface area contributed by atoms with Crippen LogP contribution in [-0.2, 0) is 36.9 Å². The standard InChI is InChI=1S/C44H53N7O8/c1-4-33-44(57)49(2)35-25-45-38(47-41(35)51(33)29-11-5-6-12-29)24-28-18-17-27(23-37(28)58-3)36(52)15-10-22-59-21-8-7-16-39(53)46-32-14-9-13-30-31(32)26-50(43(30)56)34-19-20-40(54)48-42(34)55/h9,13-14,17-18,23,25,29,33-34H,4-8,10-12,15-16,19-22,24,26H2,1-3H3,(H,46,53)(H,48,54,55)/t33-,34?/m1/s1. The fourth-order valence-electron chi connectivity index (χ4n) is 8.72. The summed E-state index contributed by atoms with van der Waals surface area (Å²) in [6.07, 6.45) is 10.1. The summed E-state index contributed by atoms with van der Waals surface area (Å²) in [6.45, 7) is 3.09. The van der Waals surface area contributed by atoms with E-state index < -0.39 is 11.9 Å². The summed E-state index contributed by atoms with van der Waals surface area (Å²) < 4.78 is 11.5. The molecule has 5 amide bonds. The molecular formula is C44H53N7O8. The normalized spacial score (nSPS) is 19.2. The Hall–Kier alpha value is -5.70. The van der Waals surface area contributed by atoms with Crippen LogP contribution >= 0.6 is 0 Å². The number of anilines is 3. The van der Waals surface area contributed by atoms with Gasteiger partial charge in [-0.3, -0.25) is 34.1 Å². The number of imide groups is 1. The number of ether oxygens (including phenoxy) is 2. The van der Waals surface area contributed by atoms with E-state index in [2.05, 4.69) is 20.5 Å². The van der Waals surface area contributed by atoms with E-state index in [9.17, 15) is 28.8 Å². The summed E-state index contributed by atoms with van der Waals surface area (Å²) in [4.78, 5) is 91.3. The molecule has 1 saturated heterocycles. The van der Waals surface area contributed by atoms with Crippen LogP contribution < -0.4 is 25.2 Å². The molecule has 0 radical (unpaired) electrons. The molecule has 1 aliphatic carbocycles. The van der Waals surface area contributed by atoms with Gasteiger partial charge in [0.25, 0.3) is 5.91 Å². The van der Waals surface area contributed by atoms with E-state index in [-0.39, 0.29) is 67.3 Å². The van der Waals surface area contributed by atoms with Crippen LogP contribution in [0.5, 0.6) is 5.75 Å². The third kappa shape index (κ3) is 8.99. The molecule has 0 bridgehead atoms. The SMILES string of the molecule is CC[C@@H]1C(=O)N(C)c2cnc(Cc3ccc(C(=O)CCCOCCCCC(=O)Nc4cccc5c4CN(C4CCC(=O)NC4=O)C5=O)cc3OC)nc2N1C1CCCC1.